The second-order valence-electron chi connectivity index (χ2n) is 2.74. The van der Waals surface area contributed by atoms with Crippen molar-refractivity contribution in [2.24, 2.45) is 0 Å². The van der Waals surface area contributed by atoms with E-state index in [1.165, 1.54) is 0 Å². The van der Waals surface area contributed by atoms with Gasteiger partial charge in [0.15, 0.2) is 11.5 Å². The van der Waals surface area contributed by atoms with Crippen molar-refractivity contribution < 1.29 is 9.47 Å². The summed E-state index contributed by atoms with van der Waals surface area (Å²) < 4.78 is 8.48. The van der Waals surface area contributed by atoms with E-state index in [9.17, 15) is 0 Å². The summed E-state index contributed by atoms with van der Waals surface area (Å²) in [7, 11) is 0. The number of rotatable bonds is 0. The Morgan fingerprint density at radius 1 is 1.23 bits per heavy atom. The molecule has 0 saturated carbocycles. The Morgan fingerprint density at radius 2 is 1.92 bits per heavy atom. The maximum Gasteiger partial charge on any atom is 0.419 e. The SMILES string of the molecule is Cc1cc(Cl)c2c(c1)OC(Cl)(Cl)O2. The van der Waals surface area contributed by atoms with Crippen LogP contribution in [0, 0.1) is 6.92 Å². The zero-order valence-electron chi connectivity index (χ0n) is 6.61. The van der Waals surface area contributed by atoms with Crippen LogP contribution in [0.2, 0.25) is 5.02 Å². The number of hydrogen-bond donors (Lipinski definition) is 0. The van der Waals surface area contributed by atoms with Crippen LogP contribution in [0.4, 0.5) is 0 Å². The summed E-state index contributed by atoms with van der Waals surface area (Å²) in [6, 6.07) is 3.51. The largest absolute Gasteiger partial charge is 0.423 e. The van der Waals surface area contributed by atoms with E-state index in [4.69, 9.17) is 44.3 Å². The molecule has 0 atom stereocenters. The normalized spacial score (nSPS) is 17.5. The Balaban J connectivity index is 2.52. The first-order valence-corrected chi connectivity index (χ1v) is 4.67. The number of aryl methyl sites for hydroxylation is 1. The molecule has 0 unspecified atom stereocenters. The maximum absolute atomic E-state index is 5.88. The summed E-state index contributed by atoms with van der Waals surface area (Å²) in [5, 5.41) is 0.443. The zero-order valence-corrected chi connectivity index (χ0v) is 8.87. The van der Waals surface area contributed by atoms with E-state index in [-0.39, 0.29) is 0 Å². The van der Waals surface area contributed by atoms with Crippen molar-refractivity contribution in [1.82, 2.24) is 0 Å². The highest BCUT2D eigenvalue weighted by Gasteiger charge is 2.39. The topological polar surface area (TPSA) is 18.5 Å². The van der Waals surface area contributed by atoms with Gasteiger partial charge in [0.25, 0.3) is 0 Å². The van der Waals surface area contributed by atoms with E-state index in [1.54, 1.807) is 12.1 Å². The second-order valence-corrected chi connectivity index (χ2v) is 4.34. The average Bonchev–Trinajstić information content (AvgIpc) is 2.23. The highest BCUT2D eigenvalue weighted by atomic mass is 35.5. The first-order valence-electron chi connectivity index (χ1n) is 3.54. The van der Waals surface area contributed by atoms with Crippen LogP contribution in [0.25, 0.3) is 0 Å². The van der Waals surface area contributed by atoms with Crippen molar-refractivity contribution in [2.45, 2.75) is 11.6 Å². The molecule has 5 heteroatoms. The molecule has 0 saturated heterocycles. The number of benzene rings is 1. The van der Waals surface area contributed by atoms with Gasteiger partial charge in [-0.25, -0.2) is 0 Å². The van der Waals surface area contributed by atoms with Crippen LogP contribution >= 0.6 is 34.8 Å². The monoisotopic (exact) mass is 238 g/mol. The van der Waals surface area contributed by atoms with E-state index in [2.05, 4.69) is 0 Å². The second kappa shape index (κ2) is 2.84. The lowest BCUT2D eigenvalue weighted by atomic mass is 10.2. The molecule has 0 amide bonds. The minimum absolute atomic E-state index is 0.386. The van der Waals surface area contributed by atoms with Crippen LogP contribution in [0.3, 0.4) is 0 Å². The molecule has 1 heterocycles. The number of ether oxygens (including phenoxy) is 2. The van der Waals surface area contributed by atoms with Gasteiger partial charge in [-0.2, -0.15) is 0 Å². The van der Waals surface area contributed by atoms with Crippen molar-refractivity contribution in [2.75, 3.05) is 0 Å². The minimum atomic E-state index is -1.65. The van der Waals surface area contributed by atoms with Crippen molar-refractivity contribution in [3.8, 4) is 11.5 Å². The summed E-state index contributed by atoms with van der Waals surface area (Å²) >= 11 is 17.1. The number of halogens is 3. The third kappa shape index (κ3) is 1.66. The molecular formula is C8H5Cl3O2. The van der Waals surface area contributed by atoms with Gasteiger partial charge in [-0.05, 0) is 47.8 Å². The molecule has 2 rings (SSSR count). The highest BCUT2D eigenvalue weighted by molar-refractivity contribution is 6.46. The number of fused-ring (bicyclic) bond motifs is 1. The summed E-state index contributed by atoms with van der Waals surface area (Å²) in [6.07, 6.45) is 0. The van der Waals surface area contributed by atoms with E-state index in [1.807, 2.05) is 6.92 Å². The lowest BCUT2D eigenvalue weighted by molar-refractivity contribution is 0.0849. The first-order chi connectivity index (χ1) is 5.98. The minimum Gasteiger partial charge on any atom is -0.423 e. The Bertz CT molecular complexity index is 363. The van der Waals surface area contributed by atoms with Gasteiger partial charge >= 0.3 is 4.71 Å². The zero-order chi connectivity index (χ0) is 9.64. The number of alkyl halides is 2. The maximum atomic E-state index is 5.88. The van der Waals surface area contributed by atoms with Crippen molar-refractivity contribution >= 4 is 34.8 Å². The highest BCUT2D eigenvalue weighted by Crippen LogP contribution is 2.47. The lowest BCUT2D eigenvalue weighted by Gasteiger charge is -2.09. The van der Waals surface area contributed by atoms with Gasteiger partial charge in [0.2, 0.25) is 0 Å². The molecule has 13 heavy (non-hydrogen) atoms. The van der Waals surface area contributed by atoms with Gasteiger partial charge in [-0.3, -0.25) is 0 Å². The van der Waals surface area contributed by atoms with Crippen LogP contribution in [0.15, 0.2) is 12.1 Å². The molecule has 0 aromatic heterocycles. The Morgan fingerprint density at radius 3 is 2.62 bits per heavy atom. The predicted octanol–water partition coefficient (Wildman–Crippen LogP) is 3.51. The van der Waals surface area contributed by atoms with Gasteiger partial charge in [0, 0.05) is 0 Å². The molecule has 1 aromatic carbocycles. The smallest absolute Gasteiger partial charge is 0.419 e. The van der Waals surface area contributed by atoms with Gasteiger partial charge in [-0.1, -0.05) is 11.6 Å². The van der Waals surface area contributed by atoms with Gasteiger partial charge in [-0.15, -0.1) is 0 Å². The van der Waals surface area contributed by atoms with Crippen LogP contribution in [-0.2, 0) is 0 Å². The standard InChI is InChI=1S/C8H5Cl3O2/c1-4-2-5(9)7-6(3-4)12-8(10,11)13-7/h2-3H,1H3. The predicted molar refractivity (Wildman–Crippen MR) is 51.9 cm³/mol. The fraction of sp³-hybridized carbons (Fsp3) is 0.250. The van der Waals surface area contributed by atoms with E-state index >= 15 is 0 Å². The van der Waals surface area contributed by atoms with E-state index < -0.39 is 4.71 Å². The molecule has 0 radical (unpaired) electrons. The van der Waals surface area contributed by atoms with E-state index in [0.29, 0.717) is 16.5 Å². The summed E-state index contributed by atoms with van der Waals surface area (Å²) in [5.74, 6) is 0.854. The summed E-state index contributed by atoms with van der Waals surface area (Å²) in [4.78, 5) is 0. The fourth-order valence-electron chi connectivity index (χ4n) is 1.14. The van der Waals surface area contributed by atoms with Gasteiger partial charge in [0.1, 0.15) is 0 Å². The average molecular weight is 239 g/mol. The quantitative estimate of drug-likeness (QED) is 0.645. The molecular weight excluding hydrogens is 234 g/mol. The molecule has 0 fully saturated rings. The molecule has 0 N–H and O–H groups in total. The van der Waals surface area contributed by atoms with Crippen LogP contribution in [0.5, 0.6) is 11.5 Å². The molecule has 0 bridgehead atoms. The van der Waals surface area contributed by atoms with Crippen LogP contribution in [-0.4, -0.2) is 4.71 Å². The van der Waals surface area contributed by atoms with Gasteiger partial charge in [0.05, 0.1) is 5.02 Å². The molecule has 2 nitrogen and oxygen atoms in total. The molecule has 1 aromatic rings. The number of hydrogen-bond acceptors (Lipinski definition) is 2. The third-order valence-electron chi connectivity index (χ3n) is 1.60. The summed E-state index contributed by atoms with van der Waals surface area (Å²) in [6.45, 7) is 1.89. The molecule has 1 aliphatic rings. The fourth-order valence-corrected chi connectivity index (χ4v) is 1.76. The Labute approximate surface area is 90.3 Å². The van der Waals surface area contributed by atoms with Crippen molar-refractivity contribution in [1.29, 1.82) is 0 Å². The van der Waals surface area contributed by atoms with Crippen molar-refractivity contribution in [3.05, 3.63) is 22.7 Å². The first kappa shape index (κ1) is 9.25. The van der Waals surface area contributed by atoms with Gasteiger partial charge < -0.3 is 9.47 Å². The molecule has 0 aliphatic carbocycles. The molecule has 70 valence electrons. The third-order valence-corrected chi connectivity index (χ3v) is 2.19. The molecule has 1 aliphatic heterocycles. The Kier molecular flexibility index (Phi) is 2.02. The molecule has 0 spiro atoms. The van der Waals surface area contributed by atoms with Crippen LogP contribution < -0.4 is 9.47 Å². The summed E-state index contributed by atoms with van der Waals surface area (Å²) in [5.41, 5.74) is 0.957. The van der Waals surface area contributed by atoms with E-state index in [0.717, 1.165) is 5.56 Å². The van der Waals surface area contributed by atoms with Crippen LogP contribution in [0.1, 0.15) is 5.56 Å². The Hall–Kier alpha value is -0.310. The van der Waals surface area contributed by atoms with Crippen molar-refractivity contribution in [3.63, 3.8) is 0 Å². The lowest BCUT2D eigenvalue weighted by Crippen LogP contribution is -2.22.